The van der Waals surface area contributed by atoms with Crippen LogP contribution < -0.4 is 4.90 Å². The lowest BCUT2D eigenvalue weighted by molar-refractivity contribution is -0.140. The van der Waals surface area contributed by atoms with Gasteiger partial charge >= 0.3 is 0 Å². The number of piperidine rings is 2. The number of carbonyl (C=O) groups is 1. The Morgan fingerprint density at radius 2 is 2.12 bits per heavy atom. The number of aromatic nitrogens is 2. The highest BCUT2D eigenvalue weighted by atomic mass is 32.1. The number of likely N-dealkylation sites (tertiary alicyclic amines) is 1. The molecule has 3 atom stereocenters. The maximum atomic E-state index is 13.3. The average Bonchev–Trinajstić information content (AvgIpc) is 3.00. The summed E-state index contributed by atoms with van der Waals surface area (Å²) in [7, 11) is 0. The molecule has 2 aliphatic heterocycles. The molecule has 0 spiro atoms. The van der Waals surface area contributed by atoms with Crippen molar-refractivity contribution in [1.29, 1.82) is 0 Å². The fraction of sp³-hybridized carbons (Fsp3) is 0.800. The summed E-state index contributed by atoms with van der Waals surface area (Å²) in [6, 6.07) is 0.0594. The van der Waals surface area contributed by atoms with Gasteiger partial charge < -0.3 is 14.9 Å². The van der Waals surface area contributed by atoms with E-state index in [1.807, 2.05) is 0 Å². The van der Waals surface area contributed by atoms with Crippen molar-refractivity contribution in [3.63, 3.8) is 0 Å². The molecule has 132 valence electrons. The van der Waals surface area contributed by atoms with Crippen LogP contribution in [0.15, 0.2) is 0 Å². The molecule has 24 heavy (non-hydrogen) atoms. The third-order valence-corrected chi connectivity index (χ3v) is 6.31. The quantitative estimate of drug-likeness (QED) is 0.887. The molecule has 3 aliphatic rings. The first-order valence-corrected chi connectivity index (χ1v) is 9.18. The SMILES string of the molecule is O=C([C@@H]1CC1(F)F)N1CCCC2CN(c3nnc(CO)s3)CCC21. The smallest absolute Gasteiger partial charge is 0.260 e. The second kappa shape index (κ2) is 5.87. The summed E-state index contributed by atoms with van der Waals surface area (Å²) in [5, 5.41) is 18.5. The topological polar surface area (TPSA) is 69.6 Å². The summed E-state index contributed by atoms with van der Waals surface area (Å²) in [5.41, 5.74) is 0. The fourth-order valence-corrected chi connectivity index (χ4v) is 4.70. The van der Waals surface area contributed by atoms with E-state index in [-0.39, 0.29) is 30.9 Å². The van der Waals surface area contributed by atoms with Crippen molar-refractivity contribution in [1.82, 2.24) is 15.1 Å². The highest BCUT2D eigenvalue weighted by molar-refractivity contribution is 7.15. The van der Waals surface area contributed by atoms with E-state index in [4.69, 9.17) is 5.11 Å². The fourth-order valence-electron chi connectivity index (χ4n) is 3.97. The van der Waals surface area contributed by atoms with E-state index >= 15 is 0 Å². The van der Waals surface area contributed by atoms with Gasteiger partial charge in [-0.1, -0.05) is 11.3 Å². The van der Waals surface area contributed by atoms with Crippen LogP contribution in [-0.2, 0) is 11.4 Å². The summed E-state index contributed by atoms with van der Waals surface area (Å²) in [6.45, 7) is 1.97. The molecule has 4 rings (SSSR count). The standard InChI is InChI=1S/C15H20F2N4O2S/c16-15(17)6-10(15)13(23)21-4-1-2-9-7-20(5-3-11(9)21)14-19-18-12(8-22)24-14/h9-11,22H,1-8H2/t9?,10-,11?/m0/s1. The van der Waals surface area contributed by atoms with Gasteiger partial charge in [-0.3, -0.25) is 4.79 Å². The van der Waals surface area contributed by atoms with Gasteiger partial charge in [0, 0.05) is 32.1 Å². The van der Waals surface area contributed by atoms with Gasteiger partial charge in [-0.2, -0.15) is 0 Å². The van der Waals surface area contributed by atoms with E-state index in [0.29, 0.717) is 11.6 Å². The molecule has 0 bridgehead atoms. The molecule has 2 saturated heterocycles. The lowest BCUT2D eigenvalue weighted by Gasteiger charge is -2.47. The van der Waals surface area contributed by atoms with Crippen LogP contribution in [0.3, 0.4) is 0 Å². The second-order valence-electron chi connectivity index (χ2n) is 6.89. The second-order valence-corrected chi connectivity index (χ2v) is 7.93. The zero-order valence-electron chi connectivity index (χ0n) is 13.2. The molecule has 0 radical (unpaired) electrons. The Bertz CT molecular complexity index is 641. The van der Waals surface area contributed by atoms with E-state index < -0.39 is 11.8 Å². The number of halogens is 2. The van der Waals surface area contributed by atoms with Crippen LogP contribution in [0.1, 0.15) is 30.7 Å². The monoisotopic (exact) mass is 358 g/mol. The maximum absolute atomic E-state index is 13.3. The predicted octanol–water partition coefficient (Wildman–Crippen LogP) is 1.50. The lowest BCUT2D eigenvalue weighted by Crippen LogP contribution is -2.56. The zero-order chi connectivity index (χ0) is 16.9. The van der Waals surface area contributed by atoms with Gasteiger partial charge in [0.25, 0.3) is 5.92 Å². The number of amides is 1. The van der Waals surface area contributed by atoms with Crippen molar-refractivity contribution in [2.75, 3.05) is 24.5 Å². The number of fused-ring (bicyclic) bond motifs is 1. The summed E-state index contributed by atoms with van der Waals surface area (Å²) < 4.78 is 26.5. The summed E-state index contributed by atoms with van der Waals surface area (Å²) in [6.07, 6.45) is 2.33. The van der Waals surface area contributed by atoms with E-state index in [1.165, 1.54) is 11.3 Å². The molecule has 1 aromatic rings. The molecule has 1 amide bonds. The largest absolute Gasteiger partial charge is 0.389 e. The predicted molar refractivity (Wildman–Crippen MR) is 83.9 cm³/mol. The highest BCUT2D eigenvalue weighted by Gasteiger charge is 2.63. The van der Waals surface area contributed by atoms with Gasteiger partial charge in [0.1, 0.15) is 10.9 Å². The third kappa shape index (κ3) is 2.77. The first kappa shape index (κ1) is 16.1. The van der Waals surface area contributed by atoms with Crippen molar-refractivity contribution < 1.29 is 18.7 Å². The summed E-state index contributed by atoms with van der Waals surface area (Å²) in [4.78, 5) is 16.3. The molecule has 9 heteroatoms. The van der Waals surface area contributed by atoms with Crippen LogP contribution in [-0.4, -0.2) is 57.7 Å². The maximum Gasteiger partial charge on any atom is 0.260 e. The van der Waals surface area contributed by atoms with Gasteiger partial charge in [0.15, 0.2) is 0 Å². The minimum absolute atomic E-state index is 0.0594. The van der Waals surface area contributed by atoms with Gasteiger partial charge in [0.2, 0.25) is 11.0 Å². The van der Waals surface area contributed by atoms with E-state index in [2.05, 4.69) is 15.1 Å². The van der Waals surface area contributed by atoms with Crippen LogP contribution in [0.25, 0.3) is 0 Å². The van der Waals surface area contributed by atoms with Crippen LogP contribution in [0.4, 0.5) is 13.9 Å². The molecule has 3 fully saturated rings. The summed E-state index contributed by atoms with van der Waals surface area (Å²) in [5.74, 6) is -3.96. The Kier molecular flexibility index (Phi) is 3.95. The van der Waals surface area contributed by atoms with Crippen molar-refractivity contribution >= 4 is 22.4 Å². The number of aliphatic hydroxyl groups excluding tert-OH is 1. The molecule has 1 saturated carbocycles. The van der Waals surface area contributed by atoms with Gasteiger partial charge in [-0.15, -0.1) is 10.2 Å². The van der Waals surface area contributed by atoms with Crippen molar-refractivity contribution in [2.24, 2.45) is 11.8 Å². The number of nitrogens with zero attached hydrogens (tertiary/aromatic N) is 4. The highest BCUT2D eigenvalue weighted by Crippen LogP contribution is 2.50. The number of alkyl halides is 2. The molecule has 1 aliphatic carbocycles. The van der Waals surface area contributed by atoms with E-state index in [0.717, 1.165) is 37.5 Å². The molecular formula is C15H20F2N4O2S. The summed E-state index contributed by atoms with van der Waals surface area (Å²) >= 11 is 1.37. The lowest BCUT2D eigenvalue weighted by atomic mass is 9.83. The van der Waals surface area contributed by atoms with Crippen molar-refractivity contribution in [3.05, 3.63) is 5.01 Å². The van der Waals surface area contributed by atoms with E-state index in [1.54, 1.807) is 4.90 Å². The third-order valence-electron chi connectivity index (χ3n) is 5.34. The zero-order valence-corrected chi connectivity index (χ0v) is 14.0. The Morgan fingerprint density at radius 1 is 1.33 bits per heavy atom. The van der Waals surface area contributed by atoms with Crippen LogP contribution in [0.5, 0.6) is 0 Å². The molecule has 0 aromatic carbocycles. The Labute approximate surface area is 142 Å². The minimum Gasteiger partial charge on any atom is -0.389 e. The number of aliphatic hydroxyl groups is 1. The Hall–Kier alpha value is -1.35. The Morgan fingerprint density at radius 3 is 2.79 bits per heavy atom. The number of hydrogen-bond donors (Lipinski definition) is 1. The Balaban J connectivity index is 1.44. The molecule has 1 N–H and O–H groups in total. The average molecular weight is 358 g/mol. The van der Waals surface area contributed by atoms with Crippen LogP contribution >= 0.6 is 11.3 Å². The molecule has 3 heterocycles. The molecular weight excluding hydrogens is 338 g/mol. The van der Waals surface area contributed by atoms with E-state index in [9.17, 15) is 13.6 Å². The van der Waals surface area contributed by atoms with Gasteiger partial charge in [0.05, 0.1) is 6.61 Å². The number of anilines is 1. The van der Waals surface area contributed by atoms with Gasteiger partial charge in [-0.05, 0) is 25.2 Å². The first-order chi connectivity index (χ1) is 11.5. The van der Waals surface area contributed by atoms with Crippen LogP contribution in [0.2, 0.25) is 0 Å². The number of rotatable bonds is 3. The van der Waals surface area contributed by atoms with Crippen LogP contribution in [0, 0.1) is 11.8 Å². The normalized spacial score (nSPS) is 31.7. The molecule has 2 unspecified atom stereocenters. The van der Waals surface area contributed by atoms with Gasteiger partial charge in [-0.25, -0.2) is 8.78 Å². The molecule has 6 nitrogen and oxygen atoms in total. The van der Waals surface area contributed by atoms with Crippen molar-refractivity contribution in [3.8, 4) is 0 Å². The molecule has 1 aromatic heterocycles. The number of carbonyl (C=O) groups excluding carboxylic acids is 1. The minimum atomic E-state index is -2.79. The first-order valence-electron chi connectivity index (χ1n) is 8.36. The van der Waals surface area contributed by atoms with Crippen molar-refractivity contribution in [2.45, 2.75) is 44.3 Å². The number of hydrogen-bond acceptors (Lipinski definition) is 6.